The molecule has 27 heavy (non-hydrogen) atoms. The van der Waals surface area contributed by atoms with Crippen LogP contribution in [0.5, 0.6) is 5.75 Å². The number of benzene rings is 1. The lowest BCUT2D eigenvalue weighted by molar-refractivity contribution is 0.0139. The Kier molecular flexibility index (Phi) is 6.34. The van der Waals surface area contributed by atoms with Crippen molar-refractivity contribution < 1.29 is 26.0 Å². The molecule has 1 aromatic rings. The first-order valence-corrected chi connectivity index (χ1v) is 9.71. The van der Waals surface area contributed by atoms with Crippen LogP contribution in [0.15, 0.2) is 18.2 Å². The van der Waals surface area contributed by atoms with Crippen molar-refractivity contribution in [2.24, 2.45) is 0 Å². The molecule has 148 valence electrons. The van der Waals surface area contributed by atoms with Gasteiger partial charge in [-0.15, -0.1) is 6.42 Å². The Morgan fingerprint density at radius 3 is 2.37 bits per heavy atom. The topological polar surface area (TPSA) is 76.2 Å². The Morgan fingerprint density at radius 2 is 1.85 bits per heavy atom. The molecule has 9 heteroatoms. The smallest absolute Gasteiger partial charge is 0.444 e. The third-order valence-corrected chi connectivity index (χ3v) is 4.15. The van der Waals surface area contributed by atoms with Crippen molar-refractivity contribution >= 4 is 16.6 Å². The van der Waals surface area contributed by atoms with Crippen LogP contribution in [0.4, 0.5) is 8.68 Å². The van der Waals surface area contributed by atoms with Gasteiger partial charge in [-0.05, 0) is 44.5 Å². The van der Waals surface area contributed by atoms with Crippen molar-refractivity contribution in [2.45, 2.75) is 32.9 Å². The zero-order chi connectivity index (χ0) is 20.2. The number of piperazine rings is 1. The summed E-state index contributed by atoms with van der Waals surface area (Å²) in [7, 11) is -5.12. The zero-order valence-corrected chi connectivity index (χ0v) is 16.4. The number of nitrogens with zero attached hydrogens (tertiary/aromatic N) is 2. The van der Waals surface area contributed by atoms with Crippen molar-refractivity contribution in [3.8, 4) is 18.1 Å². The monoisotopic (exact) mass is 398 g/mol. The molecule has 0 radical (unpaired) electrons. The highest BCUT2D eigenvalue weighted by Crippen LogP contribution is 2.21. The summed E-state index contributed by atoms with van der Waals surface area (Å²) in [6, 6.07) is 4.41. The number of amides is 1. The molecular weight excluding hydrogens is 375 g/mol. The average Bonchev–Trinajstić information content (AvgIpc) is 2.52. The Hall–Kier alpha value is -2.31. The molecule has 0 unspecified atom stereocenters. The van der Waals surface area contributed by atoms with Crippen LogP contribution in [-0.4, -0.2) is 56.1 Å². The van der Waals surface area contributed by atoms with E-state index in [0.29, 0.717) is 43.9 Å². The molecule has 0 atom stereocenters. The summed E-state index contributed by atoms with van der Waals surface area (Å²) in [5.41, 5.74) is 0.533. The Labute approximate surface area is 159 Å². The number of ether oxygens (including phenoxy) is 1. The largest absolute Gasteiger partial charge is 0.488 e. The molecule has 0 aromatic heterocycles. The van der Waals surface area contributed by atoms with Crippen molar-refractivity contribution in [3.05, 3.63) is 29.3 Å². The van der Waals surface area contributed by atoms with Gasteiger partial charge in [0.15, 0.2) is 0 Å². The van der Waals surface area contributed by atoms with E-state index in [0.717, 1.165) is 0 Å². The van der Waals surface area contributed by atoms with E-state index in [-0.39, 0.29) is 11.8 Å². The van der Waals surface area contributed by atoms with Crippen LogP contribution >= 0.6 is 0 Å². The molecule has 1 aliphatic rings. The van der Waals surface area contributed by atoms with Gasteiger partial charge in [-0.1, -0.05) is 9.81 Å². The van der Waals surface area contributed by atoms with Crippen molar-refractivity contribution in [1.82, 2.24) is 9.80 Å². The Balaban J connectivity index is 2.00. The summed E-state index contributed by atoms with van der Waals surface area (Å²) in [6.07, 6.45) is 5.02. The van der Waals surface area contributed by atoms with Gasteiger partial charge in [0, 0.05) is 38.3 Å². The van der Waals surface area contributed by atoms with E-state index in [1.807, 2.05) is 20.8 Å². The number of hydrogen-bond acceptors (Lipinski definition) is 6. The standard InChI is InChI=1S/C18H23FN2O5S/c1-5-14-10-15(12-16(11-14)26-27(19,23)24)13-20-6-8-21(9-7-20)17(22)25-18(2,3)4/h1,10-12H,6-9,13H2,2-4H3. The Bertz CT molecular complexity index is 834. The fourth-order valence-electron chi connectivity index (χ4n) is 2.67. The van der Waals surface area contributed by atoms with Crippen LogP contribution in [0.1, 0.15) is 31.9 Å². The van der Waals surface area contributed by atoms with Gasteiger partial charge < -0.3 is 13.8 Å². The van der Waals surface area contributed by atoms with E-state index in [9.17, 15) is 17.1 Å². The third-order valence-electron chi connectivity index (χ3n) is 3.76. The fraction of sp³-hybridized carbons (Fsp3) is 0.500. The van der Waals surface area contributed by atoms with Gasteiger partial charge in [0.2, 0.25) is 0 Å². The molecule has 1 amide bonds. The zero-order valence-electron chi connectivity index (χ0n) is 15.6. The molecule has 0 spiro atoms. The van der Waals surface area contributed by atoms with Gasteiger partial charge in [0.25, 0.3) is 0 Å². The number of carbonyl (C=O) groups excluding carboxylic acids is 1. The van der Waals surface area contributed by atoms with Crippen LogP contribution in [0.25, 0.3) is 0 Å². The normalized spacial score (nSPS) is 15.9. The van der Waals surface area contributed by atoms with Crippen molar-refractivity contribution in [2.75, 3.05) is 26.2 Å². The predicted molar refractivity (Wildman–Crippen MR) is 98.1 cm³/mol. The van der Waals surface area contributed by atoms with Crippen molar-refractivity contribution in [1.29, 1.82) is 0 Å². The second-order valence-corrected chi connectivity index (χ2v) is 8.18. The van der Waals surface area contributed by atoms with Gasteiger partial charge in [0.05, 0.1) is 0 Å². The Morgan fingerprint density at radius 1 is 1.22 bits per heavy atom. The van der Waals surface area contributed by atoms with Crippen LogP contribution in [0.2, 0.25) is 0 Å². The van der Waals surface area contributed by atoms with E-state index in [1.165, 1.54) is 12.1 Å². The maximum absolute atomic E-state index is 12.8. The van der Waals surface area contributed by atoms with Crippen LogP contribution in [0, 0.1) is 12.3 Å². The first-order valence-electron chi connectivity index (χ1n) is 8.40. The molecule has 0 saturated carbocycles. The molecule has 1 fully saturated rings. The molecule has 1 saturated heterocycles. The summed E-state index contributed by atoms with van der Waals surface area (Å²) < 4.78 is 43.8. The summed E-state index contributed by atoms with van der Waals surface area (Å²) >= 11 is 0. The second-order valence-electron chi connectivity index (χ2n) is 7.23. The molecule has 2 rings (SSSR count). The minimum atomic E-state index is -5.12. The van der Waals surface area contributed by atoms with Gasteiger partial charge >= 0.3 is 16.6 Å². The minimum absolute atomic E-state index is 0.171. The quantitative estimate of drug-likeness (QED) is 0.572. The van der Waals surface area contributed by atoms with E-state index >= 15 is 0 Å². The summed E-state index contributed by atoms with van der Waals surface area (Å²) in [5.74, 6) is 2.22. The van der Waals surface area contributed by atoms with Crippen LogP contribution in [0.3, 0.4) is 0 Å². The molecule has 1 heterocycles. The first kappa shape index (κ1) is 21.0. The summed E-state index contributed by atoms with van der Waals surface area (Å²) in [6.45, 7) is 8.14. The molecule has 1 aromatic carbocycles. The van der Waals surface area contributed by atoms with Gasteiger partial charge in [-0.2, -0.15) is 8.42 Å². The van der Waals surface area contributed by atoms with Crippen LogP contribution < -0.4 is 4.18 Å². The average molecular weight is 398 g/mol. The molecule has 0 aliphatic carbocycles. The first-order chi connectivity index (χ1) is 12.4. The number of carbonyl (C=O) groups is 1. The van der Waals surface area contributed by atoms with Gasteiger partial charge in [-0.3, -0.25) is 4.90 Å². The lowest BCUT2D eigenvalue weighted by atomic mass is 10.1. The van der Waals surface area contributed by atoms with E-state index in [2.05, 4.69) is 15.0 Å². The number of rotatable bonds is 4. The fourth-order valence-corrected chi connectivity index (χ4v) is 3.00. The molecule has 0 N–H and O–H groups in total. The maximum Gasteiger partial charge on any atom is 0.488 e. The second kappa shape index (κ2) is 8.15. The number of terminal acetylenes is 1. The molecule has 1 aliphatic heterocycles. The highest BCUT2D eigenvalue weighted by atomic mass is 32.3. The highest BCUT2D eigenvalue weighted by molar-refractivity contribution is 7.81. The number of hydrogen-bond donors (Lipinski definition) is 0. The lowest BCUT2D eigenvalue weighted by Gasteiger charge is -2.35. The maximum atomic E-state index is 12.8. The van der Waals surface area contributed by atoms with Crippen LogP contribution in [-0.2, 0) is 21.8 Å². The summed E-state index contributed by atoms with van der Waals surface area (Å²) in [5, 5.41) is 0. The highest BCUT2D eigenvalue weighted by Gasteiger charge is 2.26. The van der Waals surface area contributed by atoms with E-state index in [1.54, 1.807) is 11.0 Å². The van der Waals surface area contributed by atoms with E-state index < -0.39 is 16.1 Å². The van der Waals surface area contributed by atoms with Crippen molar-refractivity contribution in [3.63, 3.8) is 0 Å². The molecule has 0 bridgehead atoms. The number of halogens is 1. The SMILES string of the molecule is C#Cc1cc(CN2CCN(C(=O)OC(C)(C)C)CC2)cc(OS(=O)(=O)F)c1. The predicted octanol–water partition coefficient (Wildman–Crippen LogP) is 2.31. The molecule has 7 nitrogen and oxygen atoms in total. The third kappa shape index (κ3) is 7.07. The lowest BCUT2D eigenvalue weighted by Crippen LogP contribution is -2.49. The van der Waals surface area contributed by atoms with Gasteiger partial charge in [0.1, 0.15) is 11.4 Å². The van der Waals surface area contributed by atoms with E-state index in [4.69, 9.17) is 11.2 Å². The summed E-state index contributed by atoms with van der Waals surface area (Å²) in [4.78, 5) is 15.8. The van der Waals surface area contributed by atoms with Gasteiger partial charge in [-0.25, -0.2) is 4.79 Å². The minimum Gasteiger partial charge on any atom is -0.444 e. The molecular formula is C18H23FN2O5S.